The molecule has 0 spiro atoms. The number of rotatable bonds is 2. The molecule has 1 aliphatic carbocycles. The molecule has 0 aromatic carbocycles. The Bertz CT molecular complexity index is 320. The first-order chi connectivity index (χ1) is 6.58. The fourth-order valence-corrected chi connectivity index (χ4v) is 2.00. The van der Waals surface area contributed by atoms with Crippen LogP contribution in [0.1, 0.15) is 13.8 Å². The van der Waals surface area contributed by atoms with Crippen LogP contribution in [-0.4, -0.2) is 17.3 Å². The molecule has 1 N–H and O–H groups in total. The van der Waals surface area contributed by atoms with E-state index >= 15 is 0 Å². The predicted octanol–water partition coefficient (Wildman–Crippen LogP) is 3.18. The average molecular weight is 287 g/mol. The number of carbonyl (C=O) groups is 1. The third-order valence-electron chi connectivity index (χ3n) is 2.77. The maximum absolute atomic E-state index is 12.2. The van der Waals surface area contributed by atoms with E-state index in [2.05, 4.69) is 15.9 Å². The lowest BCUT2D eigenvalue weighted by Gasteiger charge is -2.04. The summed E-state index contributed by atoms with van der Waals surface area (Å²) < 4.78 is 35.6. The quantitative estimate of drug-likeness (QED) is 0.847. The second kappa shape index (κ2) is 3.50. The lowest BCUT2D eigenvalue weighted by Crippen LogP contribution is -2.07. The summed E-state index contributed by atoms with van der Waals surface area (Å²) in [6, 6.07) is 0. The van der Waals surface area contributed by atoms with Crippen molar-refractivity contribution in [3.05, 3.63) is 10.6 Å². The number of carboxylic acid groups (broad SMARTS) is 1. The van der Waals surface area contributed by atoms with E-state index < -0.39 is 33.9 Å². The van der Waals surface area contributed by atoms with Crippen molar-refractivity contribution in [2.24, 2.45) is 17.3 Å². The molecule has 0 bridgehead atoms. The molecule has 0 radical (unpaired) electrons. The normalized spacial score (nSPS) is 30.1. The van der Waals surface area contributed by atoms with Gasteiger partial charge in [-0.3, -0.25) is 4.79 Å². The summed E-state index contributed by atoms with van der Waals surface area (Å²) in [4.78, 5) is 10.7. The largest absolute Gasteiger partial charge is 0.481 e. The fourth-order valence-electron chi connectivity index (χ4n) is 1.71. The molecule has 0 aromatic heterocycles. The maximum Gasteiger partial charge on any atom is 0.422 e. The molecule has 2 nitrogen and oxygen atoms in total. The minimum atomic E-state index is -4.44. The number of hydrogen-bond donors (Lipinski definition) is 1. The highest BCUT2D eigenvalue weighted by molar-refractivity contribution is 9.11. The van der Waals surface area contributed by atoms with Crippen molar-refractivity contribution in [2.75, 3.05) is 0 Å². The van der Waals surface area contributed by atoms with E-state index in [0.29, 0.717) is 0 Å². The van der Waals surface area contributed by atoms with E-state index in [1.165, 1.54) is 0 Å². The van der Waals surface area contributed by atoms with Gasteiger partial charge in [-0.2, -0.15) is 13.2 Å². The molecular weight excluding hydrogens is 277 g/mol. The molecule has 1 saturated carbocycles. The van der Waals surface area contributed by atoms with Gasteiger partial charge in [-0.1, -0.05) is 19.9 Å². The highest BCUT2D eigenvalue weighted by Gasteiger charge is 2.61. The van der Waals surface area contributed by atoms with Gasteiger partial charge in [-0.05, 0) is 27.3 Å². The minimum Gasteiger partial charge on any atom is -0.481 e. The van der Waals surface area contributed by atoms with Crippen LogP contribution in [0.5, 0.6) is 0 Å². The summed E-state index contributed by atoms with van der Waals surface area (Å²) in [6.45, 7) is 3.28. The standard InChI is InChI=1S/C9H10BrF3O2/c1-8(2)4(6(8)7(14)15)3-5(10)9(11,12)13/h3-4,6H,1-2H3,(H,14,15)/b5-3-. The molecule has 0 saturated heterocycles. The third kappa shape index (κ3) is 2.35. The molecule has 1 fully saturated rings. The Morgan fingerprint density at radius 3 is 2.20 bits per heavy atom. The van der Waals surface area contributed by atoms with E-state index in [1.54, 1.807) is 13.8 Å². The molecule has 86 valence electrons. The zero-order valence-corrected chi connectivity index (χ0v) is 9.69. The first kappa shape index (κ1) is 12.5. The second-order valence-electron chi connectivity index (χ2n) is 4.18. The Hall–Kier alpha value is -0.520. The zero-order valence-electron chi connectivity index (χ0n) is 8.10. The highest BCUT2D eigenvalue weighted by Crippen LogP contribution is 2.60. The number of aliphatic carboxylic acids is 1. The van der Waals surface area contributed by atoms with Gasteiger partial charge in [0.05, 0.1) is 10.4 Å². The van der Waals surface area contributed by atoms with Gasteiger partial charge >= 0.3 is 12.1 Å². The first-order valence-electron chi connectivity index (χ1n) is 4.26. The number of allylic oxidation sites excluding steroid dienone is 2. The van der Waals surface area contributed by atoms with Crippen LogP contribution >= 0.6 is 15.9 Å². The van der Waals surface area contributed by atoms with Gasteiger partial charge in [0.2, 0.25) is 0 Å². The monoisotopic (exact) mass is 286 g/mol. The van der Waals surface area contributed by atoms with Gasteiger partial charge in [-0.25, -0.2) is 0 Å². The topological polar surface area (TPSA) is 37.3 Å². The Morgan fingerprint density at radius 2 is 1.93 bits per heavy atom. The van der Waals surface area contributed by atoms with Gasteiger partial charge in [0.25, 0.3) is 0 Å². The molecule has 2 atom stereocenters. The Kier molecular flexibility index (Phi) is 2.93. The van der Waals surface area contributed by atoms with Crippen LogP contribution < -0.4 is 0 Å². The molecule has 1 aliphatic rings. The number of alkyl halides is 3. The highest BCUT2D eigenvalue weighted by atomic mass is 79.9. The van der Waals surface area contributed by atoms with Gasteiger partial charge in [0.1, 0.15) is 0 Å². The molecule has 0 heterocycles. The number of carboxylic acids is 1. The van der Waals surface area contributed by atoms with Crippen LogP contribution in [0.25, 0.3) is 0 Å². The van der Waals surface area contributed by atoms with Crippen molar-refractivity contribution in [2.45, 2.75) is 20.0 Å². The predicted molar refractivity (Wildman–Crippen MR) is 51.5 cm³/mol. The van der Waals surface area contributed by atoms with Crippen LogP contribution in [-0.2, 0) is 4.79 Å². The Balaban J connectivity index is 2.83. The molecular formula is C9H10BrF3O2. The molecule has 2 unspecified atom stereocenters. The van der Waals surface area contributed by atoms with Gasteiger partial charge in [0.15, 0.2) is 0 Å². The molecule has 1 rings (SSSR count). The SMILES string of the molecule is CC1(C)C(/C=C(\Br)C(F)(F)F)C1C(=O)O. The molecule has 0 amide bonds. The Morgan fingerprint density at radius 1 is 1.47 bits per heavy atom. The lowest BCUT2D eigenvalue weighted by atomic mass is 10.1. The van der Waals surface area contributed by atoms with Crippen molar-refractivity contribution in [3.63, 3.8) is 0 Å². The molecule has 6 heteroatoms. The average Bonchev–Trinajstić information content (AvgIpc) is 2.50. The van der Waals surface area contributed by atoms with Crippen LogP contribution in [0.15, 0.2) is 10.6 Å². The second-order valence-corrected chi connectivity index (χ2v) is 5.03. The van der Waals surface area contributed by atoms with E-state index in [0.717, 1.165) is 6.08 Å². The summed E-state index contributed by atoms with van der Waals surface area (Å²) >= 11 is 2.41. The van der Waals surface area contributed by atoms with E-state index in [9.17, 15) is 18.0 Å². The van der Waals surface area contributed by atoms with Gasteiger partial charge in [0, 0.05) is 0 Å². The number of halogens is 4. The van der Waals surface area contributed by atoms with Gasteiger partial charge in [-0.15, -0.1) is 0 Å². The van der Waals surface area contributed by atoms with Crippen LogP contribution in [0.4, 0.5) is 13.2 Å². The van der Waals surface area contributed by atoms with E-state index in [1.807, 2.05) is 0 Å². The van der Waals surface area contributed by atoms with Crippen LogP contribution in [0.2, 0.25) is 0 Å². The lowest BCUT2D eigenvalue weighted by molar-refractivity contribution is -0.139. The van der Waals surface area contributed by atoms with Crippen molar-refractivity contribution >= 4 is 21.9 Å². The summed E-state index contributed by atoms with van der Waals surface area (Å²) in [5.74, 6) is -2.35. The summed E-state index contributed by atoms with van der Waals surface area (Å²) in [7, 11) is 0. The third-order valence-corrected chi connectivity index (χ3v) is 3.49. The summed E-state index contributed by atoms with van der Waals surface area (Å²) in [6.07, 6.45) is -3.50. The summed E-state index contributed by atoms with van der Waals surface area (Å²) in [5, 5.41) is 8.75. The van der Waals surface area contributed by atoms with E-state index in [4.69, 9.17) is 5.11 Å². The molecule has 0 aliphatic heterocycles. The number of hydrogen-bond acceptors (Lipinski definition) is 1. The smallest absolute Gasteiger partial charge is 0.422 e. The Labute approximate surface area is 93.3 Å². The van der Waals surface area contributed by atoms with Crippen molar-refractivity contribution in [1.82, 2.24) is 0 Å². The minimum absolute atomic E-state index is 0.564. The van der Waals surface area contributed by atoms with E-state index in [-0.39, 0.29) is 0 Å². The van der Waals surface area contributed by atoms with Crippen LogP contribution in [0.3, 0.4) is 0 Å². The van der Waals surface area contributed by atoms with Gasteiger partial charge < -0.3 is 5.11 Å². The molecule has 15 heavy (non-hydrogen) atoms. The first-order valence-corrected chi connectivity index (χ1v) is 5.05. The molecule has 0 aromatic rings. The van der Waals surface area contributed by atoms with Crippen molar-refractivity contribution in [3.8, 4) is 0 Å². The maximum atomic E-state index is 12.2. The van der Waals surface area contributed by atoms with Crippen LogP contribution in [0, 0.1) is 17.3 Å². The zero-order chi connectivity index (χ0) is 12.0. The van der Waals surface area contributed by atoms with Crippen molar-refractivity contribution in [1.29, 1.82) is 0 Å². The summed E-state index contributed by atoms with van der Waals surface area (Å²) in [5.41, 5.74) is -0.601. The fraction of sp³-hybridized carbons (Fsp3) is 0.667. The van der Waals surface area contributed by atoms with Crippen molar-refractivity contribution < 1.29 is 23.1 Å².